The van der Waals surface area contributed by atoms with Gasteiger partial charge in [-0.25, -0.2) is 24.9 Å². The van der Waals surface area contributed by atoms with E-state index in [2.05, 4.69) is 69.2 Å². The van der Waals surface area contributed by atoms with E-state index in [0.29, 0.717) is 5.82 Å². The van der Waals surface area contributed by atoms with E-state index in [9.17, 15) is 0 Å². The third-order valence-corrected chi connectivity index (χ3v) is 6.16. The molecule has 1 aliphatic heterocycles. The highest BCUT2D eigenvalue weighted by Gasteiger charge is 2.21. The fourth-order valence-corrected chi connectivity index (χ4v) is 4.55. The Labute approximate surface area is 186 Å². The van der Waals surface area contributed by atoms with Crippen molar-refractivity contribution in [3.8, 4) is 11.4 Å². The standard InChI is InChI=1S/C26H22N6/c1-17-6-7-25-21(10-17)22(20-4-2-3-5-24(20)30-25)15-32-9-8-23-19(14-32)13-29-26(31-23)18-11-27-16-28-12-18/h2-7,10-13,16H,8-9,14-15H2,1H3. The Balaban J connectivity index is 1.35. The molecule has 32 heavy (non-hydrogen) atoms. The van der Waals surface area contributed by atoms with Gasteiger partial charge in [-0.15, -0.1) is 0 Å². The van der Waals surface area contributed by atoms with Gasteiger partial charge in [0.15, 0.2) is 5.82 Å². The van der Waals surface area contributed by atoms with Crippen LogP contribution in [0.25, 0.3) is 33.2 Å². The molecule has 0 saturated heterocycles. The van der Waals surface area contributed by atoms with Crippen molar-refractivity contribution in [3.63, 3.8) is 0 Å². The molecule has 0 radical (unpaired) electrons. The summed E-state index contributed by atoms with van der Waals surface area (Å²) in [5.74, 6) is 0.694. The quantitative estimate of drug-likeness (QED) is 0.402. The first kappa shape index (κ1) is 19.0. The Morgan fingerprint density at radius 2 is 1.75 bits per heavy atom. The lowest BCUT2D eigenvalue weighted by Gasteiger charge is -2.29. The number of benzene rings is 2. The average molecular weight is 419 g/mol. The fraction of sp³-hybridized carbons (Fsp3) is 0.192. The summed E-state index contributed by atoms with van der Waals surface area (Å²) in [6, 6.07) is 15.0. The number of hydrogen-bond donors (Lipinski definition) is 0. The van der Waals surface area contributed by atoms with Crippen molar-refractivity contribution in [2.75, 3.05) is 6.54 Å². The van der Waals surface area contributed by atoms with Crippen LogP contribution in [-0.4, -0.2) is 36.4 Å². The van der Waals surface area contributed by atoms with Crippen molar-refractivity contribution in [2.45, 2.75) is 26.4 Å². The highest BCUT2D eigenvalue weighted by molar-refractivity contribution is 5.97. The fourth-order valence-electron chi connectivity index (χ4n) is 4.55. The summed E-state index contributed by atoms with van der Waals surface area (Å²) in [7, 11) is 0. The van der Waals surface area contributed by atoms with Gasteiger partial charge in [-0.1, -0.05) is 29.8 Å². The van der Waals surface area contributed by atoms with Crippen LogP contribution in [0.1, 0.15) is 22.4 Å². The van der Waals surface area contributed by atoms with Gasteiger partial charge >= 0.3 is 0 Å². The zero-order valence-electron chi connectivity index (χ0n) is 17.9. The second-order valence-corrected chi connectivity index (χ2v) is 8.38. The number of para-hydroxylation sites is 1. The summed E-state index contributed by atoms with van der Waals surface area (Å²) in [6.45, 7) is 4.81. The van der Waals surface area contributed by atoms with E-state index in [0.717, 1.165) is 48.3 Å². The molecule has 0 fully saturated rings. The molecule has 6 rings (SSSR count). The summed E-state index contributed by atoms with van der Waals surface area (Å²) in [6.07, 6.45) is 7.90. The summed E-state index contributed by atoms with van der Waals surface area (Å²) >= 11 is 0. The smallest absolute Gasteiger partial charge is 0.162 e. The largest absolute Gasteiger partial charge is 0.294 e. The van der Waals surface area contributed by atoms with Crippen molar-refractivity contribution in [2.24, 2.45) is 0 Å². The van der Waals surface area contributed by atoms with E-state index in [-0.39, 0.29) is 0 Å². The molecule has 0 bridgehead atoms. The molecule has 6 nitrogen and oxygen atoms in total. The highest BCUT2D eigenvalue weighted by atomic mass is 15.1. The van der Waals surface area contributed by atoms with Crippen LogP contribution in [0.15, 0.2) is 67.4 Å². The molecule has 1 aliphatic rings. The molecule has 0 aliphatic carbocycles. The number of pyridine rings is 1. The van der Waals surface area contributed by atoms with Crippen molar-refractivity contribution in [1.29, 1.82) is 0 Å². The maximum Gasteiger partial charge on any atom is 0.162 e. The summed E-state index contributed by atoms with van der Waals surface area (Å²) in [5, 5.41) is 2.47. The predicted octanol–water partition coefficient (Wildman–Crippen LogP) is 4.50. The van der Waals surface area contributed by atoms with Gasteiger partial charge in [0, 0.05) is 61.0 Å². The Hall–Kier alpha value is -3.77. The van der Waals surface area contributed by atoms with Crippen molar-refractivity contribution in [1.82, 2.24) is 29.8 Å². The van der Waals surface area contributed by atoms with E-state index in [1.807, 2.05) is 6.20 Å². The maximum absolute atomic E-state index is 4.90. The van der Waals surface area contributed by atoms with Gasteiger partial charge in [-0.3, -0.25) is 4.90 Å². The lowest BCUT2D eigenvalue weighted by atomic mass is 9.99. The van der Waals surface area contributed by atoms with Crippen LogP contribution in [0.4, 0.5) is 0 Å². The first-order chi connectivity index (χ1) is 15.7. The van der Waals surface area contributed by atoms with E-state index >= 15 is 0 Å². The molecule has 0 amide bonds. The van der Waals surface area contributed by atoms with Gasteiger partial charge in [0.25, 0.3) is 0 Å². The molecule has 0 spiro atoms. The molecule has 3 aromatic heterocycles. The van der Waals surface area contributed by atoms with Crippen LogP contribution < -0.4 is 0 Å². The molecule has 2 aromatic carbocycles. The van der Waals surface area contributed by atoms with Crippen LogP contribution in [0.3, 0.4) is 0 Å². The van der Waals surface area contributed by atoms with Gasteiger partial charge in [-0.2, -0.15) is 0 Å². The van der Waals surface area contributed by atoms with Crippen LogP contribution >= 0.6 is 0 Å². The van der Waals surface area contributed by atoms with Crippen LogP contribution in [0, 0.1) is 6.92 Å². The highest BCUT2D eigenvalue weighted by Crippen LogP contribution is 2.30. The van der Waals surface area contributed by atoms with Crippen LogP contribution in [0.2, 0.25) is 0 Å². The molecule has 0 N–H and O–H groups in total. The minimum atomic E-state index is 0.694. The van der Waals surface area contributed by atoms with Gasteiger partial charge in [0.2, 0.25) is 0 Å². The van der Waals surface area contributed by atoms with Crippen molar-refractivity contribution in [3.05, 3.63) is 89.8 Å². The summed E-state index contributed by atoms with van der Waals surface area (Å²) < 4.78 is 0. The average Bonchev–Trinajstić information content (AvgIpc) is 2.84. The lowest BCUT2D eigenvalue weighted by molar-refractivity contribution is 0.244. The third kappa shape index (κ3) is 3.39. The second kappa shape index (κ2) is 7.73. The van der Waals surface area contributed by atoms with E-state index in [1.165, 1.54) is 33.8 Å². The molecule has 0 saturated carbocycles. The topological polar surface area (TPSA) is 67.7 Å². The van der Waals surface area contributed by atoms with Crippen LogP contribution in [0.5, 0.6) is 0 Å². The number of fused-ring (bicyclic) bond motifs is 3. The molecule has 6 heteroatoms. The van der Waals surface area contributed by atoms with Crippen LogP contribution in [-0.2, 0) is 19.5 Å². The SMILES string of the molecule is Cc1ccc2nc3ccccc3c(CN3CCc4nc(-c5cncnc5)ncc4C3)c2c1. The van der Waals surface area contributed by atoms with Crippen molar-refractivity contribution >= 4 is 21.8 Å². The Kier molecular flexibility index (Phi) is 4.58. The number of aryl methyl sites for hydroxylation is 1. The lowest BCUT2D eigenvalue weighted by Crippen LogP contribution is -2.31. The number of hydrogen-bond acceptors (Lipinski definition) is 6. The van der Waals surface area contributed by atoms with Gasteiger partial charge in [-0.05, 0) is 30.7 Å². The number of nitrogens with zero attached hydrogens (tertiary/aromatic N) is 6. The molecule has 5 aromatic rings. The summed E-state index contributed by atoms with van der Waals surface area (Å²) in [5.41, 5.74) is 7.87. The molecule has 0 unspecified atom stereocenters. The van der Waals surface area contributed by atoms with Gasteiger partial charge < -0.3 is 0 Å². The van der Waals surface area contributed by atoms with E-state index in [4.69, 9.17) is 9.97 Å². The molecular weight excluding hydrogens is 396 g/mol. The van der Waals surface area contributed by atoms with Crippen molar-refractivity contribution < 1.29 is 0 Å². The molecule has 156 valence electrons. The summed E-state index contributed by atoms with van der Waals surface area (Å²) in [4.78, 5) is 24.9. The molecular formula is C26H22N6. The normalized spacial score (nSPS) is 14.0. The van der Waals surface area contributed by atoms with E-state index in [1.54, 1.807) is 12.4 Å². The molecule has 4 heterocycles. The monoisotopic (exact) mass is 418 g/mol. The first-order valence-corrected chi connectivity index (χ1v) is 10.8. The zero-order valence-corrected chi connectivity index (χ0v) is 17.9. The second-order valence-electron chi connectivity index (χ2n) is 8.38. The Morgan fingerprint density at radius 1 is 0.906 bits per heavy atom. The minimum absolute atomic E-state index is 0.694. The number of rotatable bonds is 3. The zero-order chi connectivity index (χ0) is 21.5. The maximum atomic E-state index is 4.90. The van der Waals surface area contributed by atoms with E-state index < -0.39 is 0 Å². The van der Waals surface area contributed by atoms with Gasteiger partial charge in [0.1, 0.15) is 6.33 Å². The van der Waals surface area contributed by atoms with Gasteiger partial charge in [0.05, 0.1) is 22.3 Å². The minimum Gasteiger partial charge on any atom is -0.294 e. The molecule has 0 atom stereocenters. The predicted molar refractivity (Wildman–Crippen MR) is 125 cm³/mol. The Morgan fingerprint density at radius 3 is 2.66 bits per heavy atom. The number of aromatic nitrogens is 5. The first-order valence-electron chi connectivity index (χ1n) is 10.8. The Bertz CT molecular complexity index is 1450. The third-order valence-electron chi connectivity index (χ3n) is 6.16.